The van der Waals surface area contributed by atoms with E-state index in [1.54, 1.807) is 6.07 Å². The molecule has 19 heavy (non-hydrogen) atoms. The van der Waals surface area contributed by atoms with Crippen molar-refractivity contribution >= 4 is 23.7 Å². The molecule has 0 saturated carbocycles. The molecule has 0 unspecified atom stereocenters. The van der Waals surface area contributed by atoms with E-state index in [0.717, 1.165) is 4.68 Å². The monoisotopic (exact) mass is 263 g/mol. The van der Waals surface area contributed by atoms with Crippen LogP contribution in [0, 0.1) is 5.82 Å². The highest BCUT2D eigenvalue weighted by Gasteiger charge is 2.17. The molecule has 0 fully saturated rings. The van der Waals surface area contributed by atoms with Crippen molar-refractivity contribution in [1.29, 1.82) is 0 Å². The number of esters is 1. The number of carbonyl (C=O) groups is 1. The van der Waals surface area contributed by atoms with Crippen LogP contribution >= 0.6 is 0 Å². The lowest BCUT2D eigenvalue weighted by Gasteiger charge is -2.05. The summed E-state index contributed by atoms with van der Waals surface area (Å²) < 4.78 is 19.1. The summed E-state index contributed by atoms with van der Waals surface area (Å²) >= 11 is 0. The number of tetrazole rings is 1. The average molecular weight is 263 g/mol. The van der Waals surface area contributed by atoms with Gasteiger partial charge in [0.15, 0.2) is 5.70 Å². The fourth-order valence-corrected chi connectivity index (χ4v) is 1.42. The minimum absolute atomic E-state index is 0.0879. The molecule has 8 heteroatoms. The summed E-state index contributed by atoms with van der Waals surface area (Å²) in [5.41, 5.74) is 5.61. The number of methoxy groups -OCH3 is 1. The molecule has 0 aliphatic rings. The number of benzene rings is 1. The fraction of sp³-hybridized carbons (Fsp3) is 0.0909. The number of halogens is 1. The highest BCUT2D eigenvalue weighted by atomic mass is 19.1. The number of hydrogen-bond donors (Lipinski definition) is 1. The molecule has 2 rings (SSSR count). The lowest BCUT2D eigenvalue weighted by Crippen LogP contribution is -2.14. The van der Waals surface area contributed by atoms with Crippen LogP contribution in [-0.4, -0.2) is 33.3 Å². The van der Waals surface area contributed by atoms with Crippen molar-refractivity contribution in [2.75, 3.05) is 12.8 Å². The Kier molecular flexibility index (Phi) is 3.51. The Morgan fingerprint density at radius 3 is 2.79 bits per heavy atom. The molecule has 2 aromatic rings. The van der Waals surface area contributed by atoms with Gasteiger partial charge >= 0.3 is 5.97 Å². The average Bonchev–Trinajstić information content (AvgIpc) is 2.83. The third-order valence-corrected chi connectivity index (χ3v) is 2.31. The number of carbonyl (C=O) groups excluding carboxylic acids is 1. The first kappa shape index (κ1) is 12.7. The zero-order valence-electron chi connectivity index (χ0n) is 9.95. The second kappa shape index (κ2) is 5.25. The number of nitrogen functional groups attached to an aromatic ring is 1. The second-order valence-corrected chi connectivity index (χ2v) is 3.49. The van der Waals surface area contributed by atoms with Crippen molar-refractivity contribution in [2.24, 2.45) is 0 Å². The lowest BCUT2D eigenvalue weighted by atomic mass is 10.2. The zero-order chi connectivity index (χ0) is 13.8. The number of rotatable bonds is 3. The number of anilines is 1. The van der Waals surface area contributed by atoms with Crippen molar-refractivity contribution in [3.05, 3.63) is 35.6 Å². The van der Waals surface area contributed by atoms with Crippen LogP contribution in [0.4, 0.5) is 10.3 Å². The summed E-state index contributed by atoms with van der Waals surface area (Å²) in [5, 5.41) is 10.3. The van der Waals surface area contributed by atoms with Crippen LogP contribution in [-0.2, 0) is 9.53 Å². The van der Waals surface area contributed by atoms with Crippen molar-refractivity contribution in [2.45, 2.75) is 0 Å². The van der Waals surface area contributed by atoms with Gasteiger partial charge < -0.3 is 10.5 Å². The molecule has 0 aliphatic carbocycles. The predicted molar refractivity (Wildman–Crippen MR) is 64.8 cm³/mol. The molecule has 0 amide bonds. The second-order valence-electron chi connectivity index (χ2n) is 3.49. The van der Waals surface area contributed by atoms with E-state index in [-0.39, 0.29) is 17.2 Å². The van der Waals surface area contributed by atoms with Gasteiger partial charge in [-0.3, -0.25) is 0 Å². The van der Waals surface area contributed by atoms with Gasteiger partial charge in [-0.2, -0.15) is 4.68 Å². The molecule has 2 N–H and O–H groups in total. The van der Waals surface area contributed by atoms with E-state index in [0.29, 0.717) is 0 Å². The van der Waals surface area contributed by atoms with E-state index in [1.165, 1.54) is 31.4 Å². The molecule has 98 valence electrons. The van der Waals surface area contributed by atoms with Crippen LogP contribution < -0.4 is 5.73 Å². The van der Waals surface area contributed by atoms with E-state index < -0.39 is 11.8 Å². The third kappa shape index (κ3) is 2.57. The molecule has 0 radical (unpaired) electrons. The number of ether oxygens (including phenoxy) is 1. The van der Waals surface area contributed by atoms with Gasteiger partial charge in [0.25, 0.3) is 0 Å². The van der Waals surface area contributed by atoms with Crippen LogP contribution in [0.25, 0.3) is 11.8 Å². The fourth-order valence-electron chi connectivity index (χ4n) is 1.42. The summed E-state index contributed by atoms with van der Waals surface area (Å²) in [4.78, 5) is 11.7. The molecule has 0 atom stereocenters. The predicted octanol–water partition coefficient (Wildman–Crippen LogP) is 0.565. The maximum absolute atomic E-state index is 13.6. The maximum atomic E-state index is 13.6. The van der Waals surface area contributed by atoms with Crippen molar-refractivity contribution in [1.82, 2.24) is 20.2 Å². The van der Waals surface area contributed by atoms with E-state index in [9.17, 15) is 9.18 Å². The molecular weight excluding hydrogens is 253 g/mol. The minimum Gasteiger partial charge on any atom is -0.464 e. The van der Waals surface area contributed by atoms with E-state index in [4.69, 9.17) is 5.73 Å². The van der Waals surface area contributed by atoms with Gasteiger partial charge in [0.05, 0.1) is 7.11 Å². The molecule has 0 spiro atoms. The summed E-state index contributed by atoms with van der Waals surface area (Å²) in [7, 11) is 1.19. The molecule has 1 aromatic heterocycles. The van der Waals surface area contributed by atoms with Gasteiger partial charge in [0.1, 0.15) is 5.82 Å². The number of aromatic nitrogens is 4. The molecule has 0 aliphatic heterocycles. The van der Waals surface area contributed by atoms with Gasteiger partial charge in [-0.1, -0.05) is 23.3 Å². The Morgan fingerprint density at radius 1 is 1.47 bits per heavy atom. The molecule has 0 bridgehead atoms. The highest BCUT2D eigenvalue weighted by Crippen LogP contribution is 2.16. The van der Waals surface area contributed by atoms with Crippen LogP contribution in [0.3, 0.4) is 0 Å². The molecular formula is C11H10FN5O2. The maximum Gasteiger partial charge on any atom is 0.356 e. The lowest BCUT2D eigenvalue weighted by molar-refractivity contribution is -0.134. The first-order valence-corrected chi connectivity index (χ1v) is 5.22. The third-order valence-electron chi connectivity index (χ3n) is 2.31. The highest BCUT2D eigenvalue weighted by molar-refractivity contribution is 6.15. The first-order valence-electron chi connectivity index (χ1n) is 5.22. The van der Waals surface area contributed by atoms with Gasteiger partial charge in [0, 0.05) is 5.56 Å². The Labute approximate surface area is 107 Å². The summed E-state index contributed by atoms with van der Waals surface area (Å²) in [6, 6.07) is 5.94. The summed E-state index contributed by atoms with van der Waals surface area (Å²) in [6.45, 7) is 0. The smallest absolute Gasteiger partial charge is 0.356 e. The van der Waals surface area contributed by atoms with Gasteiger partial charge in [-0.25, -0.2) is 9.18 Å². The number of nitrogens with two attached hydrogens (primary N) is 1. The van der Waals surface area contributed by atoms with Crippen LogP contribution in [0.15, 0.2) is 24.3 Å². The Morgan fingerprint density at radius 2 is 2.21 bits per heavy atom. The molecule has 1 aromatic carbocycles. The number of hydrogen-bond acceptors (Lipinski definition) is 6. The standard InChI is InChI=1S/C11H10FN5O2/c1-19-10(18)9(17-11(13)14-15-16-17)6-7-4-2-3-5-8(7)12/h2-6H,1H3,(H2,13,14,16)/b9-6-. The van der Waals surface area contributed by atoms with Crippen LogP contribution in [0.2, 0.25) is 0 Å². The first-order chi connectivity index (χ1) is 9.13. The van der Waals surface area contributed by atoms with Crippen molar-refractivity contribution in [3.63, 3.8) is 0 Å². The number of nitrogens with zero attached hydrogens (tertiary/aromatic N) is 4. The molecule has 1 heterocycles. The summed E-state index contributed by atoms with van der Waals surface area (Å²) in [6.07, 6.45) is 1.26. The molecule has 0 saturated heterocycles. The Hall–Kier alpha value is -2.77. The summed E-state index contributed by atoms with van der Waals surface area (Å²) in [5.74, 6) is -1.33. The van der Waals surface area contributed by atoms with Gasteiger partial charge in [-0.15, -0.1) is 0 Å². The largest absolute Gasteiger partial charge is 0.464 e. The van der Waals surface area contributed by atoms with Gasteiger partial charge in [-0.05, 0) is 22.6 Å². The van der Waals surface area contributed by atoms with Crippen LogP contribution in [0.5, 0.6) is 0 Å². The SMILES string of the molecule is COC(=O)/C(=C/c1ccccc1F)n1nnnc1N. The van der Waals surface area contributed by atoms with Gasteiger partial charge in [0.2, 0.25) is 5.95 Å². The normalized spacial score (nSPS) is 11.4. The van der Waals surface area contributed by atoms with Crippen LogP contribution in [0.1, 0.15) is 5.56 Å². The Balaban J connectivity index is 2.54. The van der Waals surface area contributed by atoms with E-state index in [2.05, 4.69) is 20.3 Å². The van der Waals surface area contributed by atoms with E-state index >= 15 is 0 Å². The Bertz CT molecular complexity index is 638. The van der Waals surface area contributed by atoms with Crippen molar-refractivity contribution in [3.8, 4) is 0 Å². The quantitative estimate of drug-likeness (QED) is 0.642. The zero-order valence-corrected chi connectivity index (χ0v) is 9.95. The van der Waals surface area contributed by atoms with E-state index in [1.807, 2.05) is 0 Å². The van der Waals surface area contributed by atoms with Crippen molar-refractivity contribution < 1.29 is 13.9 Å². The minimum atomic E-state index is -0.734. The molecule has 7 nitrogen and oxygen atoms in total. The topological polar surface area (TPSA) is 95.9 Å².